The van der Waals surface area contributed by atoms with Gasteiger partial charge in [0.05, 0.1) is 13.2 Å². The third-order valence-electron chi connectivity index (χ3n) is 4.10. The summed E-state index contributed by atoms with van der Waals surface area (Å²) in [6, 6.07) is 7.93. The number of aromatic nitrogens is 1. The van der Waals surface area contributed by atoms with Crippen LogP contribution < -0.4 is 5.73 Å². The maximum absolute atomic E-state index is 11.7. The van der Waals surface area contributed by atoms with Gasteiger partial charge in [0.25, 0.3) is 0 Å². The molecule has 3 N–H and O–H groups in total. The lowest BCUT2D eigenvalue weighted by Crippen LogP contribution is -2.11. The van der Waals surface area contributed by atoms with E-state index in [4.69, 9.17) is 10.5 Å². The van der Waals surface area contributed by atoms with Crippen LogP contribution in [0.25, 0.3) is 0 Å². The van der Waals surface area contributed by atoms with Crippen molar-refractivity contribution in [2.24, 2.45) is 5.73 Å². The monoisotopic (exact) mass is 342 g/mol. The van der Waals surface area contributed by atoms with Crippen LogP contribution in [0.2, 0.25) is 0 Å². The highest BCUT2D eigenvalue weighted by atomic mass is 16.5. The van der Waals surface area contributed by atoms with Gasteiger partial charge in [-0.2, -0.15) is 0 Å². The predicted octanol–water partition coefficient (Wildman–Crippen LogP) is 2.16. The molecule has 134 valence electrons. The Morgan fingerprint density at radius 2 is 2.00 bits per heavy atom. The molecule has 0 atom stereocenters. The second-order valence-electron chi connectivity index (χ2n) is 5.93. The molecule has 1 aromatic heterocycles. The van der Waals surface area contributed by atoms with Crippen LogP contribution in [0, 0.1) is 0 Å². The van der Waals surface area contributed by atoms with Crippen molar-refractivity contribution in [1.82, 2.24) is 4.98 Å². The highest BCUT2D eigenvalue weighted by molar-refractivity contribution is 5.69. The smallest absolute Gasteiger partial charge is 0.306 e. The van der Waals surface area contributed by atoms with Gasteiger partial charge in [-0.05, 0) is 66.6 Å². The number of aliphatic hydroxyl groups excluding tert-OH is 1. The molecule has 0 unspecified atom stereocenters. The van der Waals surface area contributed by atoms with Gasteiger partial charge in [0.2, 0.25) is 0 Å². The van der Waals surface area contributed by atoms with E-state index in [0.29, 0.717) is 26.0 Å². The molecule has 0 fully saturated rings. The molecule has 0 bridgehead atoms. The van der Waals surface area contributed by atoms with Crippen molar-refractivity contribution in [1.29, 1.82) is 0 Å². The molecule has 0 aliphatic rings. The van der Waals surface area contributed by atoms with E-state index in [1.165, 1.54) is 5.56 Å². The van der Waals surface area contributed by atoms with Crippen LogP contribution in [0.1, 0.15) is 41.2 Å². The van der Waals surface area contributed by atoms with Crippen LogP contribution in [-0.4, -0.2) is 29.2 Å². The Morgan fingerprint density at radius 1 is 1.24 bits per heavy atom. The summed E-state index contributed by atoms with van der Waals surface area (Å²) in [6.07, 6.45) is 5.97. The van der Waals surface area contributed by atoms with Crippen LogP contribution in [0.5, 0.6) is 0 Å². The van der Waals surface area contributed by atoms with Gasteiger partial charge in [-0.15, -0.1) is 0 Å². The van der Waals surface area contributed by atoms with Crippen LogP contribution >= 0.6 is 0 Å². The number of esters is 1. The van der Waals surface area contributed by atoms with Gasteiger partial charge in [-0.25, -0.2) is 0 Å². The molecule has 0 saturated carbocycles. The topological polar surface area (TPSA) is 85.4 Å². The number of rotatable bonds is 9. The fraction of sp³-hybridized carbons (Fsp3) is 0.400. The number of benzene rings is 1. The molecule has 5 heteroatoms. The standard InChI is InChI=1S/C20H26N2O3/c1-2-25-20(24)6-5-17-10-16(14-23)11-18(7-8-21)19(17)12-15-4-3-9-22-13-15/h3-4,9-11,13,23H,2,5-8,12,14,21H2,1H3. The molecule has 1 aromatic carbocycles. The number of nitrogens with zero attached hydrogens (tertiary/aromatic N) is 1. The highest BCUT2D eigenvalue weighted by Crippen LogP contribution is 2.23. The average Bonchev–Trinajstić information content (AvgIpc) is 2.63. The van der Waals surface area contributed by atoms with E-state index >= 15 is 0 Å². The van der Waals surface area contributed by atoms with E-state index in [1.807, 2.05) is 30.5 Å². The van der Waals surface area contributed by atoms with Gasteiger partial charge in [-0.1, -0.05) is 18.2 Å². The van der Waals surface area contributed by atoms with Crippen LogP contribution in [0.3, 0.4) is 0 Å². The van der Waals surface area contributed by atoms with Crippen molar-refractivity contribution in [2.75, 3.05) is 13.2 Å². The van der Waals surface area contributed by atoms with E-state index in [0.717, 1.165) is 35.1 Å². The SMILES string of the molecule is CCOC(=O)CCc1cc(CO)cc(CCN)c1Cc1cccnc1. The zero-order valence-electron chi connectivity index (χ0n) is 14.7. The second-order valence-corrected chi connectivity index (χ2v) is 5.93. The first kappa shape index (κ1) is 19.1. The molecule has 0 radical (unpaired) electrons. The van der Waals surface area contributed by atoms with Gasteiger partial charge in [0.15, 0.2) is 0 Å². The van der Waals surface area contributed by atoms with Crippen LogP contribution in [0.15, 0.2) is 36.7 Å². The van der Waals surface area contributed by atoms with E-state index in [1.54, 1.807) is 13.1 Å². The number of aryl methyl sites for hydroxylation is 1. The second kappa shape index (κ2) is 9.91. The van der Waals surface area contributed by atoms with E-state index in [-0.39, 0.29) is 12.6 Å². The summed E-state index contributed by atoms with van der Waals surface area (Å²) < 4.78 is 5.04. The quantitative estimate of drug-likeness (QED) is 0.682. The molecule has 2 rings (SSSR count). The zero-order chi connectivity index (χ0) is 18.1. The summed E-state index contributed by atoms with van der Waals surface area (Å²) >= 11 is 0. The van der Waals surface area contributed by atoms with Crippen molar-refractivity contribution in [3.8, 4) is 0 Å². The zero-order valence-corrected chi connectivity index (χ0v) is 14.7. The minimum absolute atomic E-state index is 0.0306. The van der Waals surface area contributed by atoms with Gasteiger partial charge in [-0.3, -0.25) is 9.78 Å². The maximum atomic E-state index is 11.7. The third kappa shape index (κ3) is 5.66. The molecule has 5 nitrogen and oxygen atoms in total. The number of aliphatic hydroxyl groups is 1. The fourth-order valence-electron chi connectivity index (χ4n) is 2.97. The average molecular weight is 342 g/mol. The van der Waals surface area contributed by atoms with Crippen molar-refractivity contribution >= 4 is 5.97 Å². The first-order chi connectivity index (χ1) is 12.2. The molecule has 0 spiro atoms. The van der Waals surface area contributed by atoms with Crippen molar-refractivity contribution in [3.05, 3.63) is 64.5 Å². The Kier molecular flexibility index (Phi) is 7.57. The largest absolute Gasteiger partial charge is 0.466 e. The lowest BCUT2D eigenvalue weighted by Gasteiger charge is -2.17. The van der Waals surface area contributed by atoms with E-state index < -0.39 is 0 Å². The molecule has 0 saturated heterocycles. The van der Waals surface area contributed by atoms with Gasteiger partial charge >= 0.3 is 5.97 Å². The maximum Gasteiger partial charge on any atom is 0.306 e. The summed E-state index contributed by atoms with van der Waals surface area (Å²) in [7, 11) is 0. The van der Waals surface area contributed by atoms with Crippen molar-refractivity contribution in [3.63, 3.8) is 0 Å². The van der Waals surface area contributed by atoms with E-state index in [9.17, 15) is 9.90 Å². The Labute approximate surface area is 148 Å². The Morgan fingerprint density at radius 3 is 2.60 bits per heavy atom. The summed E-state index contributed by atoms with van der Waals surface area (Å²) in [4.78, 5) is 15.9. The first-order valence-electron chi connectivity index (χ1n) is 8.66. The molecule has 0 amide bonds. The summed E-state index contributed by atoms with van der Waals surface area (Å²) in [5.41, 5.74) is 11.1. The molecular weight excluding hydrogens is 316 g/mol. The summed E-state index contributed by atoms with van der Waals surface area (Å²) in [5.74, 6) is -0.204. The Bertz CT molecular complexity index is 687. The molecule has 0 aliphatic carbocycles. The summed E-state index contributed by atoms with van der Waals surface area (Å²) in [5, 5.41) is 9.56. The number of carbonyl (C=O) groups excluding carboxylic acids is 1. The van der Waals surface area contributed by atoms with Crippen molar-refractivity contribution < 1.29 is 14.6 Å². The van der Waals surface area contributed by atoms with Gasteiger partial charge in [0.1, 0.15) is 0 Å². The normalized spacial score (nSPS) is 10.7. The number of ether oxygens (including phenoxy) is 1. The number of hydrogen-bond donors (Lipinski definition) is 2. The lowest BCUT2D eigenvalue weighted by atomic mass is 9.89. The minimum Gasteiger partial charge on any atom is -0.466 e. The Balaban J connectivity index is 2.35. The van der Waals surface area contributed by atoms with E-state index in [2.05, 4.69) is 4.98 Å². The third-order valence-corrected chi connectivity index (χ3v) is 4.10. The van der Waals surface area contributed by atoms with Crippen LogP contribution in [-0.2, 0) is 35.4 Å². The number of pyridine rings is 1. The Hall–Kier alpha value is -2.24. The predicted molar refractivity (Wildman–Crippen MR) is 97.1 cm³/mol. The van der Waals surface area contributed by atoms with Gasteiger partial charge in [0, 0.05) is 18.8 Å². The number of carbonyl (C=O) groups is 1. The number of nitrogens with two attached hydrogens (primary N) is 1. The number of hydrogen-bond acceptors (Lipinski definition) is 5. The van der Waals surface area contributed by atoms with Gasteiger partial charge < -0.3 is 15.6 Å². The lowest BCUT2D eigenvalue weighted by molar-refractivity contribution is -0.143. The molecule has 2 aromatic rings. The first-order valence-corrected chi connectivity index (χ1v) is 8.66. The summed E-state index contributed by atoms with van der Waals surface area (Å²) in [6.45, 7) is 2.69. The van der Waals surface area contributed by atoms with Crippen LogP contribution in [0.4, 0.5) is 0 Å². The molecular formula is C20H26N2O3. The molecule has 25 heavy (non-hydrogen) atoms. The fourth-order valence-corrected chi connectivity index (χ4v) is 2.97. The van der Waals surface area contributed by atoms with Crippen molar-refractivity contribution in [2.45, 2.75) is 39.2 Å². The minimum atomic E-state index is -0.204. The molecule has 0 aliphatic heterocycles. The highest BCUT2D eigenvalue weighted by Gasteiger charge is 2.13. The molecule has 1 heterocycles.